The number of anilines is 1. The molecular formula is C28H23F3N4O. The molecule has 2 aliphatic carbocycles. The predicted molar refractivity (Wildman–Crippen MR) is 131 cm³/mol. The first-order valence-electron chi connectivity index (χ1n) is 12.0. The number of rotatable bonds is 7. The maximum Gasteiger partial charge on any atom is 0.257 e. The fourth-order valence-corrected chi connectivity index (χ4v) is 4.44. The number of hydrogen-bond donors (Lipinski definition) is 1. The first-order chi connectivity index (χ1) is 17.5. The Bertz CT molecular complexity index is 1480. The molecule has 0 unspecified atom stereocenters. The van der Waals surface area contributed by atoms with Gasteiger partial charge >= 0.3 is 0 Å². The average molecular weight is 489 g/mol. The van der Waals surface area contributed by atoms with Crippen LogP contribution >= 0.6 is 0 Å². The fourth-order valence-electron chi connectivity index (χ4n) is 4.44. The van der Waals surface area contributed by atoms with Crippen LogP contribution in [-0.4, -0.2) is 32.9 Å². The van der Waals surface area contributed by atoms with Crippen LogP contribution in [-0.2, 0) is 6.54 Å². The van der Waals surface area contributed by atoms with Crippen LogP contribution in [0.3, 0.4) is 0 Å². The molecule has 0 spiro atoms. The highest BCUT2D eigenvalue weighted by Crippen LogP contribution is 2.34. The Morgan fingerprint density at radius 2 is 1.75 bits per heavy atom. The molecule has 36 heavy (non-hydrogen) atoms. The Morgan fingerprint density at radius 3 is 2.50 bits per heavy atom. The number of benzene rings is 3. The van der Waals surface area contributed by atoms with Gasteiger partial charge in [0.1, 0.15) is 35.1 Å². The summed E-state index contributed by atoms with van der Waals surface area (Å²) < 4.78 is 42.7. The highest BCUT2D eigenvalue weighted by Gasteiger charge is 2.34. The van der Waals surface area contributed by atoms with E-state index in [0.29, 0.717) is 22.8 Å². The summed E-state index contributed by atoms with van der Waals surface area (Å²) in [5, 5.41) is 3.96. The lowest BCUT2D eigenvalue weighted by molar-refractivity contribution is 0.0725. The third kappa shape index (κ3) is 4.51. The molecule has 5 nitrogen and oxygen atoms in total. The Hall–Kier alpha value is -3.94. The van der Waals surface area contributed by atoms with Crippen LogP contribution in [0.5, 0.6) is 0 Å². The van der Waals surface area contributed by atoms with Crippen molar-refractivity contribution in [2.45, 2.75) is 44.3 Å². The number of nitrogens with zero attached hydrogens (tertiary/aromatic N) is 3. The van der Waals surface area contributed by atoms with E-state index in [2.05, 4.69) is 15.3 Å². The minimum atomic E-state index is -0.871. The lowest BCUT2D eigenvalue weighted by Gasteiger charge is -2.23. The van der Waals surface area contributed by atoms with Crippen molar-refractivity contribution in [1.29, 1.82) is 0 Å². The van der Waals surface area contributed by atoms with Gasteiger partial charge in [-0.05, 0) is 72.7 Å². The molecule has 1 aromatic heterocycles. The Labute approximate surface area is 206 Å². The largest absolute Gasteiger partial charge is 0.367 e. The van der Waals surface area contributed by atoms with Crippen molar-refractivity contribution in [1.82, 2.24) is 14.9 Å². The molecule has 1 N–H and O–H groups in total. The summed E-state index contributed by atoms with van der Waals surface area (Å²) in [5.41, 5.74) is 2.40. The van der Waals surface area contributed by atoms with Gasteiger partial charge in [-0.25, -0.2) is 23.1 Å². The molecule has 0 radical (unpaired) electrons. The first-order valence-corrected chi connectivity index (χ1v) is 12.0. The maximum absolute atomic E-state index is 15.0. The highest BCUT2D eigenvalue weighted by atomic mass is 19.1. The molecule has 2 aliphatic rings. The molecule has 1 amide bonds. The van der Waals surface area contributed by atoms with E-state index in [-0.39, 0.29) is 23.7 Å². The zero-order chi connectivity index (χ0) is 24.8. The smallest absolute Gasteiger partial charge is 0.257 e. The molecule has 4 aromatic rings. The van der Waals surface area contributed by atoms with Crippen LogP contribution < -0.4 is 5.32 Å². The summed E-state index contributed by atoms with van der Waals surface area (Å²) >= 11 is 0. The van der Waals surface area contributed by atoms with Crippen molar-refractivity contribution in [3.05, 3.63) is 89.5 Å². The summed E-state index contributed by atoms with van der Waals surface area (Å²) in [5.74, 6) is -1.88. The van der Waals surface area contributed by atoms with Gasteiger partial charge in [0, 0.05) is 30.1 Å². The predicted octanol–water partition coefficient (Wildman–Crippen LogP) is 6.09. The monoisotopic (exact) mass is 488 g/mol. The second-order valence-corrected chi connectivity index (χ2v) is 9.48. The molecule has 2 saturated carbocycles. The number of amides is 1. The standard InChI is InChI=1S/C28H23F3N4O/c29-19-4-9-22(24(30)13-19)28(36)35(21-7-8-21)14-16-2-1-3-17(10-16)18-11-23-26(25(31)12-18)32-15-33-27(23)34-20-5-6-20/h1-4,9-13,15,20-21H,5-8,14H2,(H,32,33,34). The average Bonchev–Trinajstić information content (AvgIpc) is 3.78. The SMILES string of the molecule is O=C(c1ccc(F)cc1F)N(Cc1cccc(-c2cc(F)c3ncnc(NC4CC4)c3c2)c1)C1CC1. The highest BCUT2D eigenvalue weighted by molar-refractivity contribution is 5.95. The van der Waals surface area contributed by atoms with Gasteiger partial charge in [-0.1, -0.05) is 18.2 Å². The van der Waals surface area contributed by atoms with Gasteiger partial charge in [0.2, 0.25) is 0 Å². The molecule has 3 aromatic carbocycles. The molecule has 0 bridgehead atoms. The summed E-state index contributed by atoms with van der Waals surface area (Å²) in [4.78, 5) is 23.2. The van der Waals surface area contributed by atoms with Crippen LogP contribution in [0, 0.1) is 17.5 Å². The van der Waals surface area contributed by atoms with E-state index in [4.69, 9.17) is 0 Å². The zero-order valence-corrected chi connectivity index (χ0v) is 19.3. The van der Waals surface area contributed by atoms with E-state index in [1.165, 1.54) is 18.5 Å². The van der Waals surface area contributed by atoms with E-state index < -0.39 is 23.4 Å². The molecule has 1 heterocycles. The van der Waals surface area contributed by atoms with E-state index in [1.54, 1.807) is 4.90 Å². The van der Waals surface area contributed by atoms with Crippen molar-refractivity contribution >= 4 is 22.6 Å². The van der Waals surface area contributed by atoms with Crippen molar-refractivity contribution in [2.75, 3.05) is 5.32 Å². The Balaban J connectivity index is 1.32. The Kier molecular flexibility index (Phi) is 5.59. The number of aromatic nitrogens is 2. The number of carbonyl (C=O) groups is 1. The van der Waals surface area contributed by atoms with Crippen LogP contribution in [0.1, 0.15) is 41.6 Å². The van der Waals surface area contributed by atoms with Gasteiger partial charge in [-0.2, -0.15) is 0 Å². The van der Waals surface area contributed by atoms with Gasteiger partial charge in [-0.15, -0.1) is 0 Å². The van der Waals surface area contributed by atoms with E-state index in [9.17, 15) is 13.6 Å². The number of halogens is 3. The van der Waals surface area contributed by atoms with Crippen LogP contribution in [0.15, 0.2) is 60.9 Å². The molecule has 0 saturated heterocycles. The topological polar surface area (TPSA) is 58.1 Å². The van der Waals surface area contributed by atoms with Crippen LogP contribution in [0.25, 0.3) is 22.0 Å². The molecular weight excluding hydrogens is 465 g/mol. The molecule has 8 heteroatoms. The third-order valence-electron chi connectivity index (χ3n) is 6.63. The van der Waals surface area contributed by atoms with Gasteiger partial charge in [0.25, 0.3) is 5.91 Å². The fraction of sp³-hybridized carbons (Fsp3) is 0.250. The minimum absolute atomic E-state index is 0.0110. The van der Waals surface area contributed by atoms with Crippen LogP contribution in [0.2, 0.25) is 0 Å². The number of fused-ring (bicyclic) bond motifs is 1. The molecule has 6 rings (SSSR count). The third-order valence-corrected chi connectivity index (χ3v) is 6.63. The van der Waals surface area contributed by atoms with Crippen molar-refractivity contribution in [3.63, 3.8) is 0 Å². The second kappa shape index (κ2) is 8.93. The van der Waals surface area contributed by atoms with Crippen molar-refractivity contribution in [3.8, 4) is 11.1 Å². The maximum atomic E-state index is 15.0. The first kappa shape index (κ1) is 22.5. The van der Waals surface area contributed by atoms with Crippen LogP contribution in [0.4, 0.5) is 19.0 Å². The Morgan fingerprint density at radius 1 is 0.917 bits per heavy atom. The van der Waals surface area contributed by atoms with Crippen molar-refractivity contribution < 1.29 is 18.0 Å². The van der Waals surface area contributed by atoms with E-state index in [0.717, 1.165) is 48.9 Å². The van der Waals surface area contributed by atoms with E-state index >= 15 is 4.39 Å². The summed E-state index contributed by atoms with van der Waals surface area (Å²) in [7, 11) is 0. The van der Waals surface area contributed by atoms with Gasteiger partial charge < -0.3 is 10.2 Å². The molecule has 0 atom stereocenters. The normalized spacial score (nSPS) is 15.2. The zero-order valence-electron chi connectivity index (χ0n) is 19.3. The van der Waals surface area contributed by atoms with Gasteiger partial charge in [-0.3, -0.25) is 4.79 Å². The summed E-state index contributed by atoms with van der Waals surface area (Å²) in [6.07, 6.45) is 5.16. The lowest BCUT2D eigenvalue weighted by Crippen LogP contribution is -2.33. The van der Waals surface area contributed by atoms with Gasteiger partial charge in [0.15, 0.2) is 0 Å². The lowest BCUT2D eigenvalue weighted by atomic mass is 10.0. The minimum Gasteiger partial charge on any atom is -0.367 e. The molecule has 2 fully saturated rings. The number of carbonyl (C=O) groups excluding carboxylic acids is 1. The van der Waals surface area contributed by atoms with Gasteiger partial charge in [0.05, 0.1) is 5.56 Å². The summed E-state index contributed by atoms with van der Waals surface area (Å²) in [6, 6.07) is 14.2. The second-order valence-electron chi connectivity index (χ2n) is 9.48. The molecule has 0 aliphatic heterocycles. The van der Waals surface area contributed by atoms with E-state index in [1.807, 2.05) is 30.3 Å². The number of hydrogen-bond acceptors (Lipinski definition) is 4. The quantitative estimate of drug-likeness (QED) is 0.342. The number of nitrogens with one attached hydrogen (secondary N) is 1. The summed E-state index contributed by atoms with van der Waals surface area (Å²) in [6.45, 7) is 0.266. The molecule has 182 valence electrons. The van der Waals surface area contributed by atoms with Crippen molar-refractivity contribution in [2.24, 2.45) is 0 Å².